The van der Waals surface area contributed by atoms with E-state index in [9.17, 15) is 4.79 Å². The summed E-state index contributed by atoms with van der Waals surface area (Å²) < 4.78 is 5.91. The number of likely N-dealkylation sites (N-methyl/N-ethyl adjacent to an activating group) is 1. The van der Waals surface area contributed by atoms with Crippen molar-refractivity contribution in [1.29, 1.82) is 0 Å². The van der Waals surface area contributed by atoms with E-state index in [0.717, 1.165) is 11.3 Å². The van der Waals surface area contributed by atoms with Crippen LogP contribution in [0.4, 0.5) is 0 Å². The molecule has 0 N–H and O–H groups in total. The number of furan rings is 1. The molecule has 0 bridgehead atoms. The van der Waals surface area contributed by atoms with Gasteiger partial charge in [-0.05, 0) is 39.1 Å². The number of hydrogen-bond donors (Lipinski definition) is 0. The van der Waals surface area contributed by atoms with Crippen molar-refractivity contribution in [3.63, 3.8) is 0 Å². The van der Waals surface area contributed by atoms with Gasteiger partial charge in [0.25, 0.3) is 0 Å². The van der Waals surface area contributed by atoms with Crippen LogP contribution in [0.5, 0.6) is 0 Å². The first-order chi connectivity index (χ1) is 8.99. The second-order valence-corrected chi connectivity index (χ2v) is 6.28. The van der Waals surface area contributed by atoms with Crippen LogP contribution in [-0.2, 0) is 6.54 Å². The third-order valence-electron chi connectivity index (χ3n) is 3.24. The van der Waals surface area contributed by atoms with Gasteiger partial charge in [-0.1, -0.05) is 11.6 Å². The van der Waals surface area contributed by atoms with Crippen molar-refractivity contribution in [2.45, 2.75) is 26.4 Å². The summed E-state index contributed by atoms with van der Waals surface area (Å²) in [6, 6.07) is 5.28. The van der Waals surface area contributed by atoms with Crippen molar-refractivity contribution < 1.29 is 9.21 Å². The third-order valence-corrected chi connectivity index (χ3v) is 4.49. The molecule has 2 aromatic heterocycles. The lowest BCUT2D eigenvalue weighted by molar-refractivity contribution is 0.0866. The van der Waals surface area contributed by atoms with Gasteiger partial charge in [-0.3, -0.25) is 9.69 Å². The molecule has 2 rings (SSSR count). The Morgan fingerprint density at radius 3 is 2.74 bits per heavy atom. The molecule has 102 valence electrons. The topological polar surface area (TPSA) is 33.5 Å². The summed E-state index contributed by atoms with van der Waals surface area (Å²) in [6.07, 6.45) is 1.67. The van der Waals surface area contributed by atoms with E-state index < -0.39 is 0 Å². The van der Waals surface area contributed by atoms with Crippen molar-refractivity contribution in [1.82, 2.24) is 4.90 Å². The molecule has 0 fully saturated rings. The molecule has 3 nitrogen and oxygen atoms in total. The Hall–Kier alpha value is -1.10. The van der Waals surface area contributed by atoms with Gasteiger partial charge >= 0.3 is 0 Å². The van der Waals surface area contributed by atoms with Crippen LogP contribution in [0, 0.1) is 6.92 Å². The zero-order valence-corrected chi connectivity index (χ0v) is 12.7. The van der Waals surface area contributed by atoms with Crippen LogP contribution in [-0.4, -0.2) is 23.8 Å². The maximum Gasteiger partial charge on any atom is 0.189 e. The highest BCUT2D eigenvalue weighted by Gasteiger charge is 2.21. The molecule has 0 radical (unpaired) electrons. The summed E-state index contributed by atoms with van der Waals surface area (Å²) >= 11 is 7.19. The lowest BCUT2D eigenvalue weighted by Gasteiger charge is -2.22. The highest BCUT2D eigenvalue weighted by atomic mass is 35.5. The molecule has 0 saturated heterocycles. The van der Waals surface area contributed by atoms with Crippen LogP contribution in [0.1, 0.15) is 27.9 Å². The second kappa shape index (κ2) is 5.90. The van der Waals surface area contributed by atoms with E-state index >= 15 is 0 Å². The summed E-state index contributed by atoms with van der Waals surface area (Å²) in [5.41, 5.74) is 1.10. The Bertz CT molecular complexity index is 576. The molecule has 1 atom stereocenters. The smallest absolute Gasteiger partial charge is 0.189 e. The quantitative estimate of drug-likeness (QED) is 0.782. The van der Waals surface area contributed by atoms with Crippen molar-refractivity contribution in [3.8, 4) is 0 Å². The minimum Gasteiger partial charge on any atom is -0.469 e. The first kappa shape index (κ1) is 14.3. The molecule has 19 heavy (non-hydrogen) atoms. The number of rotatable bonds is 5. The molecular weight excluding hydrogens is 282 g/mol. The van der Waals surface area contributed by atoms with Crippen LogP contribution >= 0.6 is 22.9 Å². The maximum atomic E-state index is 12.3. The van der Waals surface area contributed by atoms with Gasteiger partial charge in [-0.2, -0.15) is 0 Å². The van der Waals surface area contributed by atoms with Crippen LogP contribution in [0.2, 0.25) is 4.34 Å². The Labute approximate surface area is 121 Å². The third kappa shape index (κ3) is 3.26. The first-order valence-electron chi connectivity index (χ1n) is 6.02. The van der Waals surface area contributed by atoms with Crippen LogP contribution in [0.15, 0.2) is 28.9 Å². The number of Topliss-reactive ketones (excluding diaryl/α,β-unsaturated/α-hetero) is 1. The normalized spacial score (nSPS) is 12.9. The van der Waals surface area contributed by atoms with Gasteiger partial charge in [-0.25, -0.2) is 0 Å². The summed E-state index contributed by atoms with van der Waals surface area (Å²) in [6.45, 7) is 4.52. The van der Waals surface area contributed by atoms with Crippen molar-refractivity contribution in [2.24, 2.45) is 0 Å². The predicted octanol–water partition coefficient (Wildman–Crippen LogP) is 4.01. The Morgan fingerprint density at radius 2 is 2.21 bits per heavy atom. The molecule has 0 saturated carbocycles. The summed E-state index contributed by atoms with van der Waals surface area (Å²) in [7, 11) is 1.93. The van der Waals surface area contributed by atoms with Crippen molar-refractivity contribution in [2.75, 3.05) is 7.05 Å². The van der Waals surface area contributed by atoms with Gasteiger partial charge in [0.1, 0.15) is 5.76 Å². The summed E-state index contributed by atoms with van der Waals surface area (Å²) in [5, 5.41) is 0. The number of halogens is 1. The second-order valence-electron chi connectivity index (χ2n) is 4.56. The number of carbonyl (C=O) groups excluding carboxylic acids is 1. The average Bonchev–Trinajstić information content (AvgIpc) is 2.97. The zero-order chi connectivity index (χ0) is 14.0. The SMILES string of the molecule is Cc1occc1CN(C)C(C)C(=O)c1ccc(Cl)s1. The highest BCUT2D eigenvalue weighted by molar-refractivity contribution is 7.18. The van der Waals surface area contributed by atoms with E-state index in [1.54, 1.807) is 18.4 Å². The lowest BCUT2D eigenvalue weighted by Crippen LogP contribution is -2.35. The molecule has 2 heterocycles. The number of hydrogen-bond acceptors (Lipinski definition) is 4. The van der Waals surface area contributed by atoms with E-state index in [1.165, 1.54) is 11.3 Å². The van der Waals surface area contributed by atoms with Crippen molar-refractivity contribution >= 4 is 28.7 Å². The molecule has 1 unspecified atom stereocenters. The van der Waals surface area contributed by atoms with Gasteiger partial charge in [0.05, 0.1) is 21.5 Å². The maximum absolute atomic E-state index is 12.3. The van der Waals surface area contributed by atoms with Gasteiger partial charge < -0.3 is 4.42 Å². The fourth-order valence-corrected chi connectivity index (χ4v) is 2.90. The Kier molecular flexibility index (Phi) is 4.45. The zero-order valence-electron chi connectivity index (χ0n) is 11.1. The molecule has 0 amide bonds. The summed E-state index contributed by atoms with van der Waals surface area (Å²) in [4.78, 5) is 15.0. The number of aryl methyl sites for hydroxylation is 1. The highest BCUT2D eigenvalue weighted by Crippen LogP contribution is 2.24. The van der Waals surface area contributed by atoms with Crippen molar-refractivity contribution in [3.05, 3.63) is 45.0 Å². The van der Waals surface area contributed by atoms with E-state index in [-0.39, 0.29) is 11.8 Å². The number of carbonyl (C=O) groups is 1. The van der Waals surface area contributed by atoms with Gasteiger partial charge in [0.15, 0.2) is 5.78 Å². The molecule has 0 aliphatic carbocycles. The molecule has 0 aliphatic rings. The minimum atomic E-state index is -0.191. The standard InChI is InChI=1S/C14H16ClNO2S/c1-9(14(17)12-4-5-13(15)19-12)16(3)8-11-6-7-18-10(11)2/h4-7,9H,8H2,1-3H3. The number of nitrogens with zero attached hydrogens (tertiary/aromatic N) is 1. The van der Waals surface area contributed by atoms with Crippen LogP contribution in [0.25, 0.3) is 0 Å². The van der Waals surface area contributed by atoms with E-state index in [1.807, 2.05) is 31.9 Å². The molecule has 2 aromatic rings. The molecular formula is C14H16ClNO2S. The predicted molar refractivity (Wildman–Crippen MR) is 78.0 cm³/mol. The Balaban J connectivity index is 2.05. The largest absolute Gasteiger partial charge is 0.469 e. The lowest BCUT2D eigenvalue weighted by atomic mass is 10.1. The Morgan fingerprint density at radius 1 is 1.47 bits per heavy atom. The van der Waals surface area contributed by atoms with Crippen LogP contribution in [0.3, 0.4) is 0 Å². The monoisotopic (exact) mass is 297 g/mol. The minimum absolute atomic E-state index is 0.0977. The molecule has 0 aromatic carbocycles. The van der Waals surface area contributed by atoms with E-state index in [2.05, 4.69) is 0 Å². The van der Waals surface area contributed by atoms with Crippen LogP contribution < -0.4 is 0 Å². The fourth-order valence-electron chi connectivity index (χ4n) is 1.83. The van der Waals surface area contributed by atoms with Gasteiger partial charge in [0.2, 0.25) is 0 Å². The van der Waals surface area contributed by atoms with E-state index in [0.29, 0.717) is 15.8 Å². The first-order valence-corrected chi connectivity index (χ1v) is 7.21. The molecule has 5 heteroatoms. The van der Waals surface area contributed by atoms with Gasteiger partial charge in [-0.15, -0.1) is 11.3 Å². The van der Waals surface area contributed by atoms with E-state index in [4.69, 9.17) is 16.0 Å². The number of ketones is 1. The number of thiophene rings is 1. The fraction of sp³-hybridized carbons (Fsp3) is 0.357. The molecule has 0 aliphatic heterocycles. The van der Waals surface area contributed by atoms with Gasteiger partial charge in [0, 0.05) is 12.1 Å². The average molecular weight is 298 g/mol. The summed E-state index contributed by atoms with van der Waals surface area (Å²) in [5.74, 6) is 0.992. The molecule has 0 spiro atoms.